The molecule has 1 aromatic heterocycles. The molecule has 1 aromatic rings. The van der Waals surface area contributed by atoms with E-state index in [0.717, 1.165) is 37.8 Å². The fourth-order valence-corrected chi connectivity index (χ4v) is 6.21. The Bertz CT molecular complexity index is 691. The van der Waals surface area contributed by atoms with Crippen molar-refractivity contribution in [3.05, 3.63) is 17.7 Å². The summed E-state index contributed by atoms with van der Waals surface area (Å²) in [7, 11) is 1.88. The third-order valence-electron chi connectivity index (χ3n) is 7.48. The van der Waals surface area contributed by atoms with Crippen LogP contribution in [0, 0.1) is 18.8 Å². The number of rotatable bonds is 4. The molecule has 1 amide bonds. The number of fused-ring (bicyclic) bond motifs is 1. The molecule has 3 saturated heterocycles. The van der Waals surface area contributed by atoms with Gasteiger partial charge in [0.2, 0.25) is 0 Å². The zero-order valence-corrected chi connectivity index (χ0v) is 15.9. The van der Waals surface area contributed by atoms with Crippen LogP contribution in [-0.4, -0.2) is 57.7 Å². The fourth-order valence-electron chi connectivity index (χ4n) is 6.21. The van der Waals surface area contributed by atoms with Crippen LogP contribution in [0.25, 0.3) is 0 Å². The standard InChI is InChI=1S/C20H30N4O2/c1-13-18(23(2)12-22-13)19(25)21-9-15-16-10-24(14-5-3-4-6-14)11-20(16)8-7-17(15)26-20/h12,14-17H,3-11H2,1-2H3,(H,21,25)/t15-,16+,17+,20+/m0/s1. The summed E-state index contributed by atoms with van der Waals surface area (Å²) < 4.78 is 8.35. The van der Waals surface area contributed by atoms with E-state index in [0.29, 0.717) is 23.6 Å². The molecule has 2 bridgehead atoms. The first-order valence-electron chi connectivity index (χ1n) is 10.3. The van der Waals surface area contributed by atoms with E-state index in [-0.39, 0.29) is 11.5 Å². The van der Waals surface area contributed by atoms with Crippen molar-refractivity contribution in [3.63, 3.8) is 0 Å². The second-order valence-corrected chi connectivity index (χ2v) is 8.90. The van der Waals surface area contributed by atoms with Gasteiger partial charge >= 0.3 is 0 Å². The van der Waals surface area contributed by atoms with E-state index >= 15 is 0 Å². The third-order valence-corrected chi connectivity index (χ3v) is 7.48. The molecule has 1 aliphatic carbocycles. The summed E-state index contributed by atoms with van der Waals surface area (Å²) >= 11 is 0. The molecule has 6 nitrogen and oxygen atoms in total. The molecule has 0 unspecified atom stereocenters. The molecule has 5 rings (SSSR count). The predicted molar refractivity (Wildman–Crippen MR) is 97.9 cm³/mol. The maximum atomic E-state index is 12.7. The number of aromatic nitrogens is 2. The monoisotopic (exact) mass is 358 g/mol. The molecule has 6 heteroatoms. The van der Waals surface area contributed by atoms with E-state index in [1.165, 1.54) is 32.1 Å². The molecule has 142 valence electrons. The molecule has 0 radical (unpaired) electrons. The van der Waals surface area contributed by atoms with Crippen molar-refractivity contribution in [2.24, 2.45) is 18.9 Å². The first kappa shape index (κ1) is 16.8. The highest BCUT2D eigenvalue weighted by Gasteiger charge is 2.63. The largest absolute Gasteiger partial charge is 0.370 e. The van der Waals surface area contributed by atoms with E-state index in [1.54, 1.807) is 10.9 Å². The molecule has 3 aliphatic heterocycles. The summed E-state index contributed by atoms with van der Waals surface area (Å²) in [4.78, 5) is 19.6. The predicted octanol–water partition coefficient (Wildman–Crippen LogP) is 1.88. The topological polar surface area (TPSA) is 59.4 Å². The van der Waals surface area contributed by atoms with Crippen molar-refractivity contribution in [1.82, 2.24) is 19.8 Å². The minimum Gasteiger partial charge on any atom is -0.370 e. The zero-order chi connectivity index (χ0) is 17.9. The Labute approximate surface area is 155 Å². The third kappa shape index (κ3) is 2.45. The molecule has 26 heavy (non-hydrogen) atoms. The summed E-state index contributed by atoms with van der Waals surface area (Å²) in [6.07, 6.45) is 9.87. The zero-order valence-electron chi connectivity index (χ0n) is 15.9. The van der Waals surface area contributed by atoms with Crippen molar-refractivity contribution in [2.75, 3.05) is 19.6 Å². The van der Waals surface area contributed by atoms with Crippen molar-refractivity contribution < 1.29 is 9.53 Å². The van der Waals surface area contributed by atoms with E-state index in [4.69, 9.17) is 4.74 Å². The highest BCUT2D eigenvalue weighted by molar-refractivity contribution is 5.93. The number of nitrogens with one attached hydrogen (secondary N) is 1. The van der Waals surface area contributed by atoms with E-state index in [1.807, 2.05) is 14.0 Å². The number of carbonyl (C=O) groups excluding carboxylic acids is 1. The molecule has 1 saturated carbocycles. The van der Waals surface area contributed by atoms with Crippen LogP contribution in [0.4, 0.5) is 0 Å². The van der Waals surface area contributed by atoms with Gasteiger partial charge in [0.05, 0.1) is 23.7 Å². The Morgan fingerprint density at radius 1 is 1.38 bits per heavy atom. The van der Waals surface area contributed by atoms with E-state index in [9.17, 15) is 4.79 Å². The lowest BCUT2D eigenvalue weighted by Crippen LogP contribution is -2.42. The number of hydrogen-bond donors (Lipinski definition) is 1. The van der Waals surface area contributed by atoms with Crippen molar-refractivity contribution in [1.29, 1.82) is 0 Å². The number of ether oxygens (including phenoxy) is 1. The van der Waals surface area contributed by atoms with Crippen molar-refractivity contribution in [2.45, 2.75) is 63.2 Å². The van der Waals surface area contributed by atoms with Gasteiger partial charge in [0.25, 0.3) is 5.91 Å². The summed E-state index contributed by atoms with van der Waals surface area (Å²) in [5, 5.41) is 3.19. The number of aryl methyl sites for hydroxylation is 2. The second-order valence-electron chi connectivity index (χ2n) is 8.90. The van der Waals surface area contributed by atoms with Crippen LogP contribution in [0.2, 0.25) is 0 Å². The lowest BCUT2D eigenvalue weighted by molar-refractivity contribution is -0.000875. The van der Waals surface area contributed by atoms with E-state index in [2.05, 4.69) is 15.2 Å². The van der Waals surface area contributed by atoms with Gasteiger partial charge in [-0.05, 0) is 32.6 Å². The van der Waals surface area contributed by atoms with Gasteiger partial charge in [-0.2, -0.15) is 0 Å². The molecular formula is C20H30N4O2. The minimum atomic E-state index is -0.00929. The van der Waals surface area contributed by atoms with Gasteiger partial charge < -0.3 is 14.6 Å². The first-order chi connectivity index (χ1) is 12.6. The van der Waals surface area contributed by atoms with Gasteiger partial charge in [0, 0.05) is 44.6 Å². The molecule has 1 N–H and O–H groups in total. The molecule has 4 atom stereocenters. The van der Waals surface area contributed by atoms with Crippen LogP contribution >= 0.6 is 0 Å². The van der Waals surface area contributed by atoms with Gasteiger partial charge in [-0.1, -0.05) is 12.8 Å². The Hall–Kier alpha value is -1.40. The molecule has 1 spiro atoms. The van der Waals surface area contributed by atoms with Crippen LogP contribution < -0.4 is 5.32 Å². The first-order valence-corrected chi connectivity index (χ1v) is 10.3. The average Bonchev–Trinajstić information content (AvgIpc) is 3.40. The Morgan fingerprint density at radius 2 is 2.19 bits per heavy atom. The quantitative estimate of drug-likeness (QED) is 0.893. The molecule has 4 aliphatic rings. The van der Waals surface area contributed by atoms with E-state index < -0.39 is 0 Å². The Morgan fingerprint density at radius 3 is 2.92 bits per heavy atom. The Balaban J connectivity index is 1.27. The SMILES string of the molecule is Cc1ncn(C)c1C(=O)NC[C@H]1[C@H]2CN(C3CCCC3)C[C@]23CC[C@H]1O3. The van der Waals surface area contributed by atoms with Gasteiger partial charge in [-0.3, -0.25) is 9.69 Å². The number of imidazole rings is 1. The molecule has 4 fully saturated rings. The Kier molecular flexibility index (Phi) is 3.90. The normalized spacial score (nSPS) is 36.8. The number of hydrogen-bond acceptors (Lipinski definition) is 4. The van der Waals surface area contributed by atoms with Gasteiger partial charge in [-0.15, -0.1) is 0 Å². The maximum Gasteiger partial charge on any atom is 0.269 e. The highest BCUT2D eigenvalue weighted by atomic mass is 16.5. The lowest BCUT2D eigenvalue weighted by atomic mass is 9.73. The van der Waals surface area contributed by atoms with Crippen LogP contribution in [-0.2, 0) is 11.8 Å². The highest BCUT2D eigenvalue weighted by Crippen LogP contribution is 2.55. The van der Waals surface area contributed by atoms with Crippen molar-refractivity contribution >= 4 is 5.91 Å². The maximum absolute atomic E-state index is 12.7. The van der Waals surface area contributed by atoms with Crippen LogP contribution in [0.3, 0.4) is 0 Å². The number of likely N-dealkylation sites (tertiary alicyclic amines) is 1. The van der Waals surface area contributed by atoms with Crippen LogP contribution in [0.1, 0.15) is 54.7 Å². The molecule has 0 aromatic carbocycles. The van der Waals surface area contributed by atoms with Gasteiger partial charge in [0.15, 0.2) is 0 Å². The summed E-state index contributed by atoms with van der Waals surface area (Å²) in [5.41, 5.74) is 1.53. The molecular weight excluding hydrogens is 328 g/mol. The van der Waals surface area contributed by atoms with Crippen LogP contribution in [0.15, 0.2) is 6.33 Å². The van der Waals surface area contributed by atoms with Gasteiger partial charge in [0.1, 0.15) is 5.69 Å². The average molecular weight is 358 g/mol. The fraction of sp³-hybridized carbons (Fsp3) is 0.800. The smallest absolute Gasteiger partial charge is 0.269 e. The van der Waals surface area contributed by atoms with Crippen LogP contribution in [0.5, 0.6) is 0 Å². The summed E-state index contributed by atoms with van der Waals surface area (Å²) in [6.45, 7) is 4.89. The molecule has 4 heterocycles. The number of carbonyl (C=O) groups is 1. The van der Waals surface area contributed by atoms with Gasteiger partial charge in [-0.25, -0.2) is 4.98 Å². The summed E-state index contributed by atoms with van der Waals surface area (Å²) in [5.74, 6) is 1.02. The number of amides is 1. The number of nitrogens with zero attached hydrogens (tertiary/aromatic N) is 3. The summed E-state index contributed by atoms with van der Waals surface area (Å²) in [6, 6.07) is 0.768. The second kappa shape index (κ2) is 6.06. The lowest BCUT2D eigenvalue weighted by Gasteiger charge is -2.29. The minimum absolute atomic E-state index is 0.00929. The van der Waals surface area contributed by atoms with Crippen molar-refractivity contribution in [3.8, 4) is 0 Å².